The Hall–Kier alpha value is 0.401. The zero-order chi connectivity index (χ0) is 15.1. The third-order valence-electron chi connectivity index (χ3n) is 2.38. The number of benzene rings is 1. The quantitative estimate of drug-likeness (QED) is 0.540. The molecular formula is C10H30O3Si6. The second-order valence-electron chi connectivity index (χ2n) is 4.15. The lowest BCUT2D eigenvalue weighted by atomic mass is 10.4. The van der Waals surface area contributed by atoms with Crippen molar-refractivity contribution in [2.75, 3.05) is 0 Å². The average Bonchev–Trinajstić information content (AvgIpc) is 2.48. The minimum Gasteiger partial charge on any atom is -0.468 e. The van der Waals surface area contributed by atoms with Crippen molar-refractivity contribution >= 4 is 64.5 Å². The molecule has 0 bridgehead atoms. The monoisotopic (exact) mass is 366 g/mol. The van der Waals surface area contributed by atoms with E-state index in [2.05, 4.69) is 50.5 Å². The second kappa shape index (κ2) is 16.5. The summed E-state index contributed by atoms with van der Waals surface area (Å²) < 4.78 is 15.3. The lowest BCUT2D eigenvalue weighted by Crippen LogP contribution is -2.28. The molecule has 0 fully saturated rings. The van der Waals surface area contributed by atoms with Crippen LogP contribution in [0.2, 0.25) is 26.2 Å². The first-order chi connectivity index (χ1) is 9.03. The predicted molar refractivity (Wildman–Crippen MR) is 105 cm³/mol. The van der Waals surface area contributed by atoms with Crippen LogP contribution >= 0.6 is 0 Å². The Morgan fingerprint density at radius 3 is 1.63 bits per heavy atom. The fraction of sp³-hybridized carbons (Fsp3) is 0.400. The van der Waals surface area contributed by atoms with Gasteiger partial charge in [0.1, 0.15) is 41.2 Å². The van der Waals surface area contributed by atoms with Gasteiger partial charge in [-0.25, -0.2) is 0 Å². The molecule has 0 amide bonds. The molecule has 1 rings (SSSR count). The highest BCUT2D eigenvalue weighted by Crippen LogP contribution is 1.87. The van der Waals surface area contributed by atoms with Gasteiger partial charge in [-0.2, -0.15) is 0 Å². The van der Waals surface area contributed by atoms with Gasteiger partial charge in [0.2, 0.25) is 0 Å². The standard InChI is InChI=1S/C7H12OSi2.C2H10OSi2.CH8OSi2/c1-10(8-9)7-5-3-2-4-6-7;1-5(2)3-4;1-4-2-3/h2-6,10H,1,9H3;5H,1-2,4H3;4H2,1,3H3. The summed E-state index contributed by atoms with van der Waals surface area (Å²) in [4.78, 5) is 0. The summed E-state index contributed by atoms with van der Waals surface area (Å²) in [6.07, 6.45) is 0. The molecule has 0 N–H and O–H groups in total. The van der Waals surface area contributed by atoms with Gasteiger partial charge in [-0.3, -0.25) is 0 Å². The SMILES string of the molecule is C[SiH2]O[SiH3].C[SiH](C)O[SiH3].C[SiH](O[SiH3])c1ccccc1. The van der Waals surface area contributed by atoms with E-state index in [9.17, 15) is 0 Å². The third kappa shape index (κ3) is 16.3. The Balaban J connectivity index is 0. The molecule has 1 aromatic carbocycles. The van der Waals surface area contributed by atoms with E-state index in [4.69, 9.17) is 12.3 Å². The number of hydrogen-bond acceptors (Lipinski definition) is 3. The molecule has 0 saturated carbocycles. The first-order valence-electron chi connectivity index (χ1n) is 6.62. The molecule has 1 unspecified atom stereocenters. The van der Waals surface area contributed by atoms with Crippen LogP contribution in [-0.2, 0) is 12.3 Å². The van der Waals surface area contributed by atoms with Crippen molar-refractivity contribution in [1.82, 2.24) is 0 Å². The summed E-state index contributed by atoms with van der Waals surface area (Å²) >= 11 is 0. The highest BCUT2D eigenvalue weighted by molar-refractivity contribution is 6.68. The van der Waals surface area contributed by atoms with Crippen molar-refractivity contribution in [3.63, 3.8) is 0 Å². The van der Waals surface area contributed by atoms with Crippen LogP contribution in [-0.4, -0.2) is 59.3 Å². The Kier molecular flexibility index (Phi) is 18.8. The summed E-state index contributed by atoms with van der Waals surface area (Å²) in [5.74, 6) is 0. The van der Waals surface area contributed by atoms with Crippen LogP contribution in [0.4, 0.5) is 0 Å². The highest BCUT2D eigenvalue weighted by Gasteiger charge is 2.02. The maximum absolute atomic E-state index is 5.41. The van der Waals surface area contributed by atoms with Crippen LogP contribution in [0.3, 0.4) is 0 Å². The molecule has 3 nitrogen and oxygen atoms in total. The third-order valence-corrected chi connectivity index (χ3v) is 12.6. The van der Waals surface area contributed by atoms with E-state index in [1.807, 2.05) is 6.07 Å². The first kappa shape index (κ1) is 21.7. The molecule has 0 radical (unpaired) electrons. The largest absolute Gasteiger partial charge is 0.468 e. The van der Waals surface area contributed by atoms with E-state index in [0.29, 0.717) is 0 Å². The maximum atomic E-state index is 5.41. The minimum atomic E-state index is -0.978. The van der Waals surface area contributed by atoms with Gasteiger partial charge >= 0.3 is 0 Å². The summed E-state index contributed by atoms with van der Waals surface area (Å²) in [7, 11) is 1.18. The van der Waals surface area contributed by atoms with Gasteiger partial charge in [-0.05, 0) is 24.8 Å². The molecule has 0 aliphatic rings. The molecular weight excluding hydrogens is 337 g/mol. The van der Waals surface area contributed by atoms with Crippen molar-refractivity contribution < 1.29 is 12.3 Å². The van der Waals surface area contributed by atoms with Gasteiger partial charge in [-0.15, -0.1) is 0 Å². The molecule has 0 heterocycles. The zero-order valence-corrected chi connectivity index (χ0v) is 23.2. The van der Waals surface area contributed by atoms with Gasteiger partial charge in [0, 0.05) is 0 Å². The van der Waals surface area contributed by atoms with Crippen LogP contribution in [0.25, 0.3) is 0 Å². The molecule has 0 aliphatic carbocycles. The fourth-order valence-electron chi connectivity index (χ4n) is 0.860. The van der Waals surface area contributed by atoms with Crippen molar-refractivity contribution in [3.05, 3.63) is 30.3 Å². The lowest BCUT2D eigenvalue weighted by Gasteiger charge is -2.06. The Morgan fingerprint density at radius 1 is 0.947 bits per heavy atom. The van der Waals surface area contributed by atoms with Crippen LogP contribution in [0.1, 0.15) is 0 Å². The lowest BCUT2D eigenvalue weighted by molar-refractivity contribution is 0.647. The number of hydrogen-bond donors (Lipinski definition) is 0. The molecule has 9 heteroatoms. The Morgan fingerprint density at radius 2 is 1.37 bits per heavy atom. The molecule has 0 aromatic heterocycles. The normalized spacial score (nSPS) is 12.1. The zero-order valence-electron chi connectivity index (χ0n) is 13.5. The van der Waals surface area contributed by atoms with E-state index < -0.39 is 18.1 Å². The summed E-state index contributed by atoms with van der Waals surface area (Å²) in [6, 6.07) is 10.5. The smallest absolute Gasteiger partial charge is 0.191 e. The molecule has 1 atom stereocenters. The molecule has 0 saturated heterocycles. The summed E-state index contributed by atoms with van der Waals surface area (Å²) in [6.45, 7) is 8.69. The van der Waals surface area contributed by atoms with Gasteiger partial charge in [0.15, 0.2) is 18.1 Å². The Labute approximate surface area is 133 Å². The molecule has 112 valence electrons. The van der Waals surface area contributed by atoms with Crippen LogP contribution in [0.5, 0.6) is 0 Å². The van der Waals surface area contributed by atoms with Gasteiger partial charge in [0.05, 0.1) is 0 Å². The van der Waals surface area contributed by atoms with E-state index >= 15 is 0 Å². The summed E-state index contributed by atoms with van der Waals surface area (Å²) in [5.41, 5.74) is 0. The fourth-order valence-corrected chi connectivity index (χ4v) is 2.71. The van der Waals surface area contributed by atoms with Crippen molar-refractivity contribution in [2.24, 2.45) is 0 Å². The van der Waals surface area contributed by atoms with Crippen LogP contribution < -0.4 is 5.19 Å². The highest BCUT2D eigenvalue weighted by atomic mass is 28.3. The van der Waals surface area contributed by atoms with E-state index in [1.54, 1.807) is 0 Å². The van der Waals surface area contributed by atoms with Crippen LogP contribution in [0, 0.1) is 0 Å². The maximum Gasteiger partial charge on any atom is 0.191 e. The van der Waals surface area contributed by atoms with E-state index in [0.717, 1.165) is 31.5 Å². The first-order valence-corrected chi connectivity index (χ1v) is 16.0. The minimum absolute atomic E-state index is 0.0139. The molecule has 1 aromatic rings. The molecule has 0 spiro atoms. The van der Waals surface area contributed by atoms with Gasteiger partial charge in [-0.1, -0.05) is 36.9 Å². The van der Waals surface area contributed by atoms with Crippen molar-refractivity contribution in [3.8, 4) is 0 Å². The van der Waals surface area contributed by atoms with Gasteiger partial charge < -0.3 is 12.3 Å². The summed E-state index contributed by atoms with van der Waals surface area (Å²) in [5, 5.41) is 1.40. The van der Waals surface area contributed by atoms with E-state index in [-0.39, 0.29) is 9.76 Å². The van der Waals surface area contributed by atoms with E-state index in [1.165, 1.54) is 5.19 Å². The predicted octanol–water partition coefficient (Wildman–Crippen LogP) is -2.77. The van der Waals surface area contributed by atoms with Crippen molar-refractivity contribution in [2.45, 2.75) is 26.2 Å². The number of rotatable bonds is 4. The van der Waals surface area contributed by atoms with Crippen LogP contribution in [0.15, 0.2) is 30.3 Å². The average molecular weight is 367 g/mol. The molecule has 19 heavy (non-hydrogen) atoms. The Bertz CT molecular complexity index is 273. The second-order valence-corrected chi connectivity index (χ2v) is 14.9. The topological polar surface area (TPSA) is 27.7 Å². The molecule has 0 aliphatic heterocycles. The van der Waals surface area contributed by atoms with Gasteiger partial charge in [0.25, 0.3) is 0 Å². The van der Waals surface area contributed by atoms with Crippen molar-refractivity contribution in [1.29, 1.82) is 0 Å².